The first-order valence-electron chi connectivity index (χ1n) is 5.00. The second-order valence-electron chi connectivity index (χ2n) is 3.38. The van der Waals surface area contributed by atoms with Crippen LogP contribution < -0.4 is 5.32 Å². The molecule has 7 nitrogen and oxygen atoms in total. The summed E-state index contributed by atoms with van der Waals surface area (Å²) in [5.41, 5.74) is 0. The van der Waals surface area contributed by atoms with E-state index >= 15 is 0 Å². The van der Waals surface area contributed by atoms with E-state index in [2.05, 4.69) is 5.32 Å². The van der Waals surface area contributed by atoms with Crippen LogP contribution in [0.2, 0.25) is 0 Å². The minimum absolute atomic E-state index is 0.103. The van der Waals surface area contributed by atoms with Crippen LogP contribution in [0.15, 0.2) is 0 Å². The van der Waals surface area contributed by atoms with E-state index in [4.69, 9.17) is 15.3 Å². The van der Waals surface area contributed by atoms with Crippen LogP contribution in [0.5, 0.6) is 0 Å². The van der Waals surface area contributed by atoms with Gasteiger partial charge in [-0.1, -0.05) is 0 Å². The van der Waals surface area contributed by atoms with Crippen molar-refractivity contribution in [2.45, 2.75) is 19.4 Å². The van der Waals surface area contributed by atoms with E-state index in [1.165, 1.54) is 4.90 Å². The monoisotopic (exact) mass is 234 g/mol. The topological polar surface area (TPSA) is 110 Å². The molecular formula is C9H18N2O5. The molecule has 0 bridgehead atoms. The first-order valence-corrected chi connectivity index (χ1v) is 5.00. The van der Waals surface area contributed by atoms with Crippen molar-refractivity contribution in [3.05, 3.63) is 0 Å². The SMILES string of the molecule is CC(CC(=O)O)NC(=O)N(CCO)CCO. The number of nitrogens with one attached hydrogen (secondary N) is 1. The van der Waals surface area contributed by atoms with Gasteiger partial charge in [-0.15, -0.1) is 0 Å². The first-order chi connectivity index (χ1) is 7.51. The lowest BCUT2D eigenvalue weighted by Crippen LogP contribution is -2.46. The van der Waals surface area contributed by atoms with Gasteiger partial charge in [-0.25, -0.2) is 4.79 Å². The Bertz CT molecular complexity index is 228. The minimum atomic E-state index is -0.997. The summed E-state index contributed by atoms with van der Waals surface area (Å²) in [5.74, 6) is -0.997. The fraction of sp³-hybridized carbons (Fsp3) is 0.778. The Labute approximate surface area is 93.7 Å². The molecule has 0 saturated carbocycles. The maximum absolute atomic E-state index is 11.5. The predicted octanol–water partition coefficient (Wildman–Crippen LogP) is -1.15. The van der Waals surface area contributed by atoms with Crippen LogP contribution in [0, 0.1) is 0 Å². The largest absolute Gasteiger partial charge is 0.481 e. The van der Waals surface area contributed by atoms with Gasteiger partial charge in [0.15, 0.2) is 0 Å². The van der Waals surface area contributed by atoms with E-state index in [0.717, 1.165) is 0 Å². The van der Waals surface area contributed by atoms with E-state index in [1.54, 1.807) is 6.92 Å². The lowest BCUT2D eigenvalue weighted by molar-refractivity contribution is -0.137. The predicted molar refractivity (Wildman–Crippen MR) is 56.0 cm³/mol. The molecule has 16 heavy (non-hydrogen) atoms. The maximum Gasteiger partial charge on any atom is 0.317 e. The third kappa shape index (κ3) is 6.20. The molecule has 0 heterocycles. The van der Waals surface area contributed by atoms with E-state index in [0.29, 0.717) is 0 Å². The highest BCUT2D eigenvalue weighted by Crippen LogP contribution is 1.94. The van der Waals surface area contributed by atoms with Gasteiger partial charge in [0.1, 0.15) is 0 Å². The van der Waals surface area contributed by atoms with Gasteiger partial charge in [0, 0.05) is 19.1 Å². The average Bonchev–Trinajstić information content (AvgIpc) is 2.15. The van der Waals surface area contributed by atoms with Crippen LogP contribution in [-0.2, 0) is 4.79 Å². The summed E-state index contributed by atoms with van der Waals surface area (Å²) in [6.07, 6.45) is -0.169. The van der Waals surface area contributed by atoms with Gasteiger partial charge in [-0.2, -0.15) is 0 Å². The number of nitrogens with zero attached hydrogens (tertiary/aromatic N) is 1. The van der Waals surface area contributed by atoms with Crippen molar-refractivity contribution in [2.75, 3.05) is 26.3 Å². The number of aliphatic hydroxyl groups excluding tert-OH is 2. The summed E-state index contributed by atoms with van der Waals surface area (Å²) in [4.78, 5) is 23.1. The number of carbonyl (C=O) groups is 2. The van der Waals surface area contributed by atoms with Crippen molar-refractivity contribution in [2.24, 2.45) is 0 Å². The number of hydrogen-bond donors (Lipinski definition) is 4. The molecule has 0 rings (SSSR count). The molecule has 0 saturated heterocycles. The fourth-order valence-electron chi connectivity index (χ4n) is 1.17. The second kappa shape index (κ2) is 7.89. The maximum atomic E-state index is 11.5. The van der Waals surface area contributed by atoms with Crippen molar-refractivity contribution >= 4 is 12.0 Å². The number of carbonyl (C=O) groups excluding carboxylic acids is 1. The van der Waals surface area contributed by atoms with Gasteiger partial charge < -0.3 is 25.5 Å². The second-order valence-corrected chi connectivity index (χ2v) is 3.38. The number of amides is 2. The molecule has 94 valence electrons. The molecule has 0 radical (unpaired) electrons. The molecule has 0 aliphatic heterocycles. The normalized spacial score (nSPS) is 11.9. The van der Waals surface area contributed by atoms with Gasteiger partial charge in [-0.3, -0.25) is 4.79 Å². The van der Waals surface area contributed by atoms with Crippen molar-refractivity contribution in [1.82, 2.24) is 10.2 Å². The molecule has 0 aromatic heterocycles. The van der Waals surface area contributed by atoms with Gasteiger partial charge >= 0.3 is 12.0 Å². The van der Waals surface area contributed by atoms with E-state index in [1.807, 2.05) is 0 Å². The summed E-state index contributed by atoms with van der Waals surface area (Å²) in [6, 6.07) is -0.985. The minimum Gasteiger partial charge on any atom is -0.481 e. The Hall–Kier alpha value is -1.34. The van der Waals surface area contributed by atoms with Crippen molar-refractivity contribution in [3.63, 3.8) is 0 Å². The molecule has 0 spiro atoms. The first kappa shape index (κ1) is 14.7. The lowest BCUT2D eigenvalue weighted by Gasteiger charge is -2.23. The standard InChI is InChI=1S/C9H18N2O5/c1-7(6-8(14)15)10-9(16)11(2-4-12)3-5-13/h7,12-13H,2-6H2,1H3,(H,10,16)(H,14,15). The fourth-order valence-corrected chi connectivity index (χ4v) is 1.17. The zero-order chi connectivity index (χ0) is 12.6. The summed E-state index contributed by atoms with van der Waals surface area (Å²) in [7, 11) is 0. The van der Waals surface area contributed by atoms with E-state index in [9.17, 15) is 9.59 Å². The van der Waals surface area contributed by atoms with Crippen LogP contribution in [0.3, 0.4) is 0 Å². The van der Waals surface area contributed by atoms with Crippen molar-refractivity contribution in [1.29, 1.82) is 0 Å². The summed E-state index contributed by atoms with van der Waals surface area (Å²) < 4.78 is 0. The molecule has 0 aliphatic carbocycles. The molecule has 1 atom stereocenters. The summed E-state index contributed by atoms with van der Waals surface area (Å²) in [5, 5.41) is 28.4. The molecule has 0 aliphatic rings. The summed E-state index contributed by atoms with van der Waals surface area (Å²) in [6.45, 7) is 1.36. The third-order valence-electron chi connectivity index (χ3n) is 1.88. The highest BCUT2D eigenvalue weighted by atomic mass is 16.4. The lowest BCUT2D eigenvalue weighted by atomic mass is 10.2. The van der Waals surface area contributed by atoms with Gasteiger partial charge in [-0.05, 0) is 6.92 Å². The molecule has 0 aromatic rings. The third-order valence-corrected chi connectivity index (χ3v) is 1.88. The Morgan fingerprint density at radius 2 is 1.75 bits per heavy atom. The Balaban J connectivity index is 4.12. The number of rotatable bonds is 7. The Kier molecular flexibility index (Phi) is 7.23. The number of urea groups is 1. The Morgan fingerprint density at radius 3 is 2.12 bits per heavy atom. The van der Waals surface area contributed by atoms with E-state index < -0.39 is 18.0 Å². The van der Waals surface area contributed by atoms with Crippen LogP contribution in [-0.4, -0.2) is 64.6 Å². The number of aliphatic hydroxyl groups is 2. The zero-order valence-electron chi connectivity index (χ0n) is 9.22. The zero-order valence-corrected chi connectivity index (χ0v) is 9.22. The average molecular weight is 234 g/mol. The number of aliphatic carboxylic acids is 1. The quantitative estimate of drug-likeness (QED) is 0.444. The van der Waals surface area contributed by atoms with Crippen LogP contribution in [0.25, 0.3) is 0 Å². The van der Waals surface area contributed by atoms with E-state index in [-0.39, 0.29) is 32.7 Å². The van der Waals surface area contributed by atoms with Crippen LogP contribution in [0.1, 0.15) is 13.3 Å². The molecule has 2 amide bonds. The molecule has 1 unspecified atom stereocenters. The molecule has 0 aromatic carbocycles. The van der Waals surface area contributed by atoms with Crippen LogP contribution in [0.4, 0.5) is 4.79 Å². The molecule has 0 fully saturated rings. The smallest absolute Gasteiger partial charge is 0.317 e. The molecular weight excluding hydrogens is 216 g/mol. The molecule has 7 heteroatoms. The van der Waals surface area contributed by atoms with Crippen molar-refractivity contribution < 1.29 is 24.9 Å². The number of carboxylic acids is 1. The summed E-state index contributed by atoms with van der Waals surface area (Å²) >= 11 is 0. The van der Waals surface area contributed by atoms with Gasteiger partial charge in [0.25, 0.3) is 0 Å². The van der Waals surface area contributed by atoms with Gasteiger partial charge in [0.05, 0.1) is 19.6 Å². The number of hydrogen-bond acceptors (Lipinski definition) is 4. The highest BCUT2D eigenvalue weighted by Gasteiger charge is 2.16. The van der Waals surface area contributed by atoms with Gasteiger partial charge in [0.2, 0.25) is 0 Å². The Morgan fingerprint density at radius 1 is 1.25 bits per heavy atom. The number of carboxylic acid groups (broad SMARTS) is 1. The van der Waals surface area contributed by atoms with Crippen LogP contribution >= 0.6 is 0 Å². The molecule has 4 N–H and O–H groups in total. The van der Waals surface area contributed by atoms with Crippen molar-refractivity contribution in [3.8, 4) is 0 Å². The highest BCUT2D eigenvalue weighted by molar-refractivity contribution is 5.75.